The van der Waals surface area contributed by atoms with Crippen molar-refractivity contribution in [1.82, 2.24) is 9.78 Å². The van der Waals surface area contributed by atoms with E-state index in [-0.39, 0.29) is 6.61 Å². The van der Waals surface area contributed by atoms with Crippen LogP contribution < -0.4 is 0 Å². The minimum atomic E-state index is 0.0973. The Labute approximate surface area is 111 Å². The van der Waals surface area contributed by atoms with Crippen molar-refractivity contribution < 1.29 is 9.90 Å². The molecule has 0 aliphatic carbocycles. The molecule has 6 heteroatoms. The molecule has 1 heterocycles. The van der Waals surface area contributed by atoms with Gasteiger partial charge in [0.2, 0.25) is 0 Å². The van der Waals surface area contributed by atoms with Gasteiger partial charge in [-0.15, -0.1) is 0 Å². The van der Waals surface area contributed by atoms with Crippen molar-refractivity contribution in [2.45, 2.75) is 13.0 Å². The van der Waals surface area contributed by atoms with E-state index in [2.05, 4.69) is 21.0 Å². The quantitative estimate of drug-likeness (QED) is 0.882. The van der Waals surface area contributed by atoms with Crippen LogP contribution in [0.5, 0.6) is 0 Å². The van der Waals surface area contributed by atoms with Gasteiger partial charge in [-0.3, -0.25) is 9.48 Å². The number of rotatable bonds is 4. The smallest absolute Gasteiger partial charge is 0.150 e. The van der Waals surface area contributed by atoms with Gasteiger partial charge in [-0.2, -0.15) is 5.10 Å². The van der Waals surface area contributed by atoms with Gasteiger partial charge in [0.05, 0.1) is 15.9 Å². The fourth-order valence-electron chi connectivity index (χ4n) is 1.69. The SMILES string of the molecule is O=Cc1cc(Cl)c2c(Br)nn(CCCO)c2c1. The summed E-state index contributed by atoms with van der Waals surface area (Å²) in [5.74, 6) is 0. The number of halogens is 2. The van der Waals surface area contributed by atoms with Crippen molar-refractivity contribution in [2.24, 2.45) is 0 Å². The minimum absolute atomic E-state index is 0.0973. The van der Waals surface area contributed by atoms with Gasteiger partial charge in [0.25, 0.3) is 0 Å². The van der Waals surface area contributed by atoms with Crippen LogP contribution in [0.2, 0.25) is 5.02 Å². The number of benzene rings is 1. The highest BCUT2D eigenvalue weighted by molar-refractivity contribution is 9.10. The van der Waals surface area contributed by atoms with Gasteiger partial charge in [-0.05, 0) is 34.5 Å². The number of carbonyl (C=O) groups excluding carboxylic acids is 1. The number of aromatic nitrogens is 2. The van der Waals surface area contributed by atoms with Gasteiger partial charge in [0, 0.05) is 18.7 Å². The average molecular weight is 318 g/mol. The van der Waals surface area contributed by atoms with Crippen LogP contribution in [0.25, 0.3) is 10.9 Å². The zero-order valence-corrected chi connectivity index (χ0v) is 11.2. The first-order valence-corrected chi connectivity index (χ1v) is 6.26. The Bertz CT molecular complexity index is 568. The monoisotopic (exact) mass is 316 g/mol. The lowest BCUT2D eigenvalue weighted by Crippen LogP contribution is -2.02. The van der Waals surface area contributed by atoms with Crippen LogP contribution in [-0.2, 0) is 6.54 Å². The fraction of sp³-hybridized carbons (Fsp3) is 0.273. The third-order valence-corrected chi connectivity index (χ3v) is 3.30. The Morgan fingerprint density at radius 1 is 1.53 bits per heavy atom. The summed E-state index contributed by atoms with van der Waals surface area (Å²) in [5, 5.41) is 14.4. The molecule has 1 aromatic carbocycles. The van der Waals surface area contributed by atoms with Crippen molar-refractivity contribution in [3.05, 3.63) is 27.3 Å². The molecule has 0 aliphatic heterocycles. The number of aliphatic hydroxyl groups is 1. The fourth-order valence-corrected chi connectivity index (χ4v) is 2.72. The second-order valence-corrected chi connectivity index (χ2v) is 4.76. The van der Waals surface area contributed by atoms with Gasteiger partial charge >= 0.3 is 0 Å². The van der Waals surface area contributed by atoms with E-state index in [1.807, 2.05) is 0 Å². The lowest BCUT2D eigenvalue weighted by atomic mass is 10.2. The van der Waals surface area contributed by atoms with Crippen molar-refractivity contribution in [2.75, 3.05) is 6.61 Å². The molecular formula is C11H10BrClN2O2. The Morgan fingerprint density at radius 3 is 2.94 bits per heavy atom. The molecule has 0 bridgehead atoms. The Balaban J connectivity index is 2.61. The molecule has 4 nitrogen and oxygen atoms in total. The first-order chi connectivity index (χ1) is 8.17. The molecule has 0 radical (unpaired) electrons. The largest absolute Gasteiger partial charge is 0.396 e. The van der Waals surface area contributed by atoms with E-state index in [4.69, 9.17) is 16.7 Å². The molecule has 2 rings (SSSR count). The van der Waals surface area contributed by atoms with Crippen LogP contribution in [0.1, 0.15) is 16.8 Å². The van der Waals surface area contributed by atoms with Crippen LogP contribution in [0.3, 0.4) is 0 Å². The topological polar surface area (TPSA) is 55.1 Å². The van der Waals surface area contributed by atoms with E-state index in [0.717, 1.165) is 17.2 Å². The predicted octanol–water partition coefficient (Wildman–Crippen LogP) is 2.65. The molecule has 0 amide bonds. The van der Waals surface area contributed by atoms with Gasteiger partial charge in [0.1, 0.15) is 10.9 Å². The number of aldehydes is 1. The van der Waals surface area contributed by atoms with Crippen LogP contribution in [-0.4, -0.2) is 27.8 Å². The molecule has 0 unspecified atom stereocenters. The standard InChI is InChI=1S/C11H10BrClN2O2/c12-11-10-8(13)4-7(6-17)5-9(10)15(14-11)2-1-3-16/h4-6,16H,1-3H2. The molecule has 0 aliphatic rings. The van der Waals surface area contributed by atoms with E-state index < -0.39 is 0 Å². The number of aryl methyl sites for hydroxylation is 1. The molecule has 0 spiro atoms. The number of fused-ring (bicyclic) bond motifs is 1. The van der Waals surface area contributed by atoms with E-state index in [9.17, 15) is 4.79 Å². The predicted molar refractivity (Wildman–Crippen MR) is 69.5 cm³/mol. The highest BCUT2D eigenvalue weighted by atomic mass is 79.9. The van der Waals surface area contributed by atoms with E-state index in [1.54, 1.807) is 16.8 Å². The molecule has 90 valence electrons. The lowest BCUT2D eigenvalue weighted by molar-refractivity contribution is 0.112. The zero-order chi connectivity index (χ0) is 12.4. The molecular weight excluding hydrogens is 307 g/mol. The first-order valence-electron chi connectivity index (χ1n) is 5.09. The van der Waals surface area contributed by atoms with Crippen molar-refractivity contribution >= 4 is 44.7 Å². The maximum Gasteiger partial charge on any atom is 0.150 e. The summed E-state index contributed by atoms with van der Waals surface area (Å²) in [5.41, 5.74) is 1.31. The second kappa shape index (κ2) is 5.16. The van der Waals surface area contributed by atoms with Gasteiger partial charge in [-0.25, -0.2) is 0 Å². The molecule has 0 atom stereocenters. The third-order valence-electron chi connectivity index (χ3n) is 2.45. The van der Waals surface area contributed by atoms with Gasteiger partial charge < -0.3 is 5.11 Å². The Hall–Kier alpha value is -0.910. The average Bonchev–Trinajstić information content (AvgIpc) is 2.63. The number of nitrogens with zero attached hydrogens (tertiary/aromatic N) is 2. The number of hydrogen-bond donors (Lipinski definition) is 1. The molecule has 1 aromatic heterocycles. The zero-order valence-electron chi connectivity index (χ0n) is 8.86. The Morgan fingerprint density at radius 2 is 2.29 bits per heavy atom. The number of carbonyl (C=O) groups is 1. The summed E-state index contributed by atoms with van der Waals surface area (Å²) >= 11 is 9.44. The normalized spacial score (nSPS) is 11.0. The molecule has 1 N–H and O–H groups in total. The minimum Gasteiger partial charge on any atom is -0.396 e. The van der Waals surface area contributed by atoms with Crippen LogP contribution in [0.4, 0.5) is 0 Å². The molecule has 0 saturated heterocycles. The van der Waals surface area contributed by atoms with Crippen LogP contribution >= 0.6 is 27.5 Å². The van der Waals surface area contributed by atoms with E-state index in [1.165, 1.54) is 0 Å². The first kappa shape index (κ1) is 12.5. The van der Waals surface area contributed by atoms with Crippen molar-refractivity contribution in [3.8, 4) is 0 Å². The summed E-state index contributed by atoms with van der Waals surface area (Å²) in [6.07, 6.45) is 1.36. The summed E-state index contributed by atoms with van der Waals surface area (Å²) < 4.78 is 2.38. The maximum atomic E-state index is 10.8. The van der Waals surface area contributed by atoms with E-state index in [0.29, 0.717) is 28.2 Å². The Kier molecular flexibility index (Phi) is 3.81. The summed E-state index contributed by atoms with van der Waals surface area (Å²) in [7, 11) is 0. The third kappa shape index (κ3) is 2.36. The summed E-state index contributed by atoms with van der Waals surface area (Å²) in [6.45, 7) is 0.678. The second-order valence-electron chi connectivity index (χ2n) is 3.61. The van der Waals surface area contributed by atoms with Crippen molar-refractivity contribution in [3.63, 3.8) is 0 Å². The lowest BCUT2D eigenvalue weighted by Gasteiger charge is -2.02. The summed E-state index contributed by atoms with van der Waals surface area (Å²) in [4.78, 5) is 10.8. The molecule has 0 fully saturated rings. The summed E-state index contributed by atoms with van der Waals surface area (Å²) in [6, 6.07) is 3.35. The highest BCUT2D eigenvalue weighted by Gasteiger charge is 2.13. The van der Waals surface area contributed by atoms with Gasteiger partial charge in [-0.1, -0.05) is 11.6 Å². The highest BCUT2D eigenvalue weighted by Crippen LogP contribution is 2.31. The van der Waals surface area contributed by atoms with Gasteiger partial charge in [0.15, 0.2) is 0 Å². The molecule has 0 saturated carbocycles. The number of hydrogen-bond acceptors (Lipinski definition) is 3. The maximum absolute atomic E-state index is 10.8. The van der Waals surface area contributed by atoms with Crippen molar-refractivity contribution in [1.29, 1.82) is 0 Å². The van der Waals surface area contributed by atoms with Crippen LogP contribution in [0, 0.1) is 0 Å². The molecule has 17 heavy (non-hydrogen) atoms. The molecule has 2 aromatic rings. The number of aliphatic hydroxyl groups excluding tert-OH is 1. The van der Waals surface area contributed by atoms with E-state index >= 15 is 0 Å². The van der Waals surface area contributed by atoms with Crippen LogP contribution in [0.15, 0.2) is 16.7 Å².